The van der Waals surface area contributed by atoms with Crippen molar-refractivity contribution in [1.82, 2.24) is 5.32 Å². The molecular formula is C14H23NO4. The first-order chi connectivity index (χ1) is 8.97. The van der Waals surface area contributed by atoms with E-state index in [1.54, 1.807) is 6.08 Å². The molecular weight excluding hydrogens is 246 g/mol. The van der Waals surface area contributed by atoms with Gasteiger partial charge in [-0.25, -0.2) is 0 Å². The summed E-state index contributed by atoms with van der Waals surface area (Å²) in [5, 5.41) is 2.80. The molecule has 0 aliphatic heterocycles. The summed E-state index contributed by atoms with van der Waals surface area (Å²) in [6.07, 6.45) is 4.88. The van der Waals surface area contributed by atoms with E-state index < -0.39 is 6.10 Å². The highest BCUT2D eigenvalue weighted by molar-refractivity contribution is 5.74. The highest BCUT2D eigenvalue weighted by Gasteiger charge is 2.36. The molecule has 0 aromatic rings. The average molecular weight is 269 g/mol. The number of amides is 1. The summed E-state index contributed by atoms with van der Waals surface area (Å²) in [6, 6.07) is -0.345. The minimum Gasteiger partial charge on any atom is -0.456 e. The van der Waals surface area contributed by atoms with Gasteiger partial charge in [0.1, 0.15) is 12.2 Å². The van der Waals surface area contributed by atoms with Crippen molar-refractivity contribution in [2.75, 3.05) is 0 Å². The fourth-order valence-corrected chi connectivity index (χ4v) is 2.18. The van der Waals surface area contributed by atoms with Gasteiger partial charge in [-0.05, 0) is 18.9 Å². The number of esters is 1. The van der Waals surface area contributed by atoms with Crippen molar-refractivity contribution in [1.29, 1.82) is 0 Å². The second kappa shape index (κ2) is 7.28. The third-order valence-corrected chi connectivity index (χ3v) is 3.13. The van der Waals surface area contributed by atoms with E-state index in [0.29, 0.717) is 0 Å². The first-order valence-electron chi connectivity index (χ1n) is 6.76. The molecule has 1 amide bonds. The van der Waals surface area contributed by atoms with Gasteiger partial charge in [-0.1, -0.05) is 19.9 Å². The Bertz CT molecular complexity index is 349. The predicted molar refractivity (Wildman–Crippen MR) is 71.5 cm³/mol. The van der Waals surface area contributed by atoms with Crippen molar-refractivity contribution in [2.24, 2.45) is 0 Å². The number of hydrogen-bond acceptors (Lipinski definition) is 4. The van der Waals surface area contributed by atoms with Crippen LogP contribution in [-0.2, 0) is 19.1 Å². The van der Waals surface area contributed by atoms with Crippen LogP contribution >= 0.6 is 0 Å². The van der Waals surface area contributed by atoms with Crippen molar-refractivity contribution in [2.45, 2.75) is 64.9 Å². The Morgan fingerprint density at radius 2 is 1.74 bits per heavy atom. The summed E-state index contributed by atoms with van der Waals surface area (Å²) in [5.41, 5.74) is 0. The van der Waals surface area contributed by atoms with Gasteiger partial charge in [0.2, 0.25) is 5.91 Å². The Balaban J connectivity index is 2.71. The Labute approximate surface area is 114 Å². The first kappa shape index (κ1) is 15.7. The largest absolute Gasteiger partial charge is 0.456 e. The van der Waals surface area contributed by atoms with E-state index >= 15 is 0 Å². The molecule has 1 N–H and O–H groups in total. The zero-order valence-electron chi connectivity index (χ0n) is 12.0. The van der Waals surface area contributed by atoms with E-state index in [9.17, 15) is 9.59 Å². The molecule has 0 fully saturated rings. The maximum Gasteiger partial charge on any atom is 0.303 e. The van der Waals surface area contributed by atoms with E-state index in [1.165, 1.54) is 13.8 Å². The van der Waals surface area contributed by atoms with Crippen molar-refractivity contribution in [3.63, 3.8) is 0 Å². The highest BCUT2D eigenvalue weighted by atomic mass is 16.5. The van der Waals surface area contributed by atoms with Crippen LogP contribution in [-0.4, -0.2) is 36.2 Å². The average Bonchev–Trinajstić information content (AvgIpc) is 2.67. The summed E-state index contributed by atoms with van der Waals surface area (Å²) in [6.45, 7) is 6.92. The summed E-state index contributed by atoms with van der Waals surface area (Å²) < 4.78 is 11.1. The van der Waals surface area contributed by atoms with Crippen molar-refractivity contribution < 1.29 is 19.1 Å². The lowest BCUT2D eigenvalue weighted by Gasteiger charge is -2.28. The lowest BCUT2D eigenvalue weighted by atomic mass is 10.1. The minimum absolute atomic E-state index is 0.141. The number of hydrogen-bond donors (Lipinski definition) is 1. The van der Waals surface area contributed by atoms with Gasteiger partial charge in [-0.3, -0.25) is 9.59 Å². The zero-order valence-corrected chi connectivity index (χ0v) is 12.0. The number of carbonyl (C=O) groups is 2. The number of ether oxygens (including phenoxy) is 2. The summed E-state index contributed by atoms with van der Waals surface area (Å²) >= 11 is 0. The molecule has 0 radical (unpaired) electrons. The van der Waals surface area contributed by atoms with E-state index in [4.69, 9.17) is 9.47 Å². The molecule has 1 aliphatic carbocycles. The third-order valence-electron chi connectivity index (χ3n) is 3.13. The molecule has 0 aromatic carbocycles. The lowest BCUT2D eigenvalue weighted by Crippen LogP contribution is -2.49. The minimum atomic E-state index is -0.458. The Hall–Kier alpha value is -1.36. The lowest BCUT2D eigenvalue weighted by molar-refractivity contribution is -0.147. The molecule has 0 aromatic heterocycles. The maximum absolute atomic E-state index is 11.3. The van der Waals surface area contributed by atoms with Crippen molar-refractivity contribution in [3.05, 3.63) is 12.2 Å². The SMILES string of the molecule is CCC(CC)O[C@@H]1C=C[C@H](OC(C)=O)[C@H]1NC(C)=O. The van der Waals surface area contributed by atoms with Crippen LogP contribution < -0.4 is 5.32 Å². The predicted octanol–water partition coefficient (Wildman–Crippen LogP) is 1.57. The number of carbonyl (C=O) groups excluding carboxylic acids is 2. The van der Waals surface area contributed by atoms with Gasteiger partial charge in [-0.2, -0.15) is 0 Å². The van der Waals surface area contributed by atoms with Gasteiger partial charge in [0, 0.05) is 13.8 Å². The van der Waals surface area contributed by atoms with Gasteiger partial charge < -0.3 is 14.8 Å². The van der Waals surface area contributed by atoms with Crippen LogP contribution in [0.5, 0.6) is 0 Å². The molecule has 0 spiro atoms. The smallest absolute Gasteiger partial charge is 0.303 e. The van der Waals surface area contributed by atoms with Crippen LogP contribution in [0.3, 0.4) is 0 Å². The van der Waals surface area contributed by atoms with Crippen LogP contribution in [0.4, 0.5) is 0 Å². The van der Waals surface area contributed by atoms with E-state index in [2.05, 4.69) is 19.2 Å². The fourth-order valence-electron chi connectivity index (χ4n) is 2.18. The summed E-state index contributed by atoms with van der Waals surface area (Å²) in [4.78, 5) is 22.3. The number of rotatable bonds is 6. The molecule has 1 aliphatic rings. The zero-order chi connectivity index (χ0) is 14.4. The van der Waals surface area contributed by atoms with Crippen LogP contribution in [0.25, 0.3) is 0 Å². The van der Waals surface area contributed by atoms with E-state index in [0.717, 1.165) is 12.8 Å². The molecule has 19 heavy (non-hydrogen) atoms. The Morgan fingerprint density at radius 3 is 2.21 bits per heavy atom. The monoisotopic (exact) mass is 269 g/mol. The molecule has 3 atom stereocenters. The molecule has 0 saturated heterocycles. The standard InChI is InChI=1S/C14H23NO4/c1-5-11(6-2)19-13-8-7-12(18-10(4)17)14(13)15-9(3)16/h7-8,11-14H,5-6H2,1-4H3,(H,15,16)/t12-,13+,14+/m0/s1. The summed E-state index contributed by atoms with van der Waals surface area (Å²) in [5.74, 6) is -0.530. The normalized spacial score (nSPS) is 25.6. The molecule has 0 unspecified atom stereocenters. The quantitative estimate of drug-likeness (QED) is 0.587. The van der Waals surface area contributed by atoms with Crippen LogP contribution in [0.15, 0.2) is 12.2 Å². The van der Waals surface area contributed by atoms with Crippen LogP contribution in [0, 0.1) is 0 Å². The van der Waals surface area contributed by atoms with Crippen molar-refractivity contribution >= 4 is 11.9 Å². The van der Waals surface area contributed by atoms with Gasteiger partial charge in [0.05, 0.1) is 12.1 Å². The molecule has 5 nitrogen and oxygen atoms in total. The molecule has 108 valence electrons. The van der Waals surface area contributed by atoms with Gasteiger partial charge in [-0.15, -0.1) is 0 Å². The molecule has 0 saturated carbocycles. The topological polar surface area (TPSA) is 64.6 Å². The highest BCUT2D eigenvalue weighted by Crippen LogP contribution is 2.21. The maximum atomic E-state index is 11.3. The van der Waals surface area contributed by atoms with Crippen LogP contribution in [0.2, 0.25) is 0 Å². The van der Waals surface area contributed by atoms with E-state index in [1.807, 2.05) is 6.08 Å². The molecule has 1 rings (SSSR count). The van der Waals surface area contributed by atoms with Crippen LogP contribution in [0.1, 0.15) is 40.5 Å². The number of nitrogens with one attached hydrogen (secondary N) is 1. The molecule has 0 heterocycles. The second-order valence-electron chi connectivity index (χ2n) is 4.72. The van der Waals surface area contributed by atoms with E-state index in [-0.39, 0.29) is 30.1 Å². The van der Waals surface area contributed by atoms with Gasteiger partial charge in [0.25, 0.3) is 0 Å². The third kappa shape index (κ3) is 4.67. The fraction of sp³-hybridized carbons (Fsp3) is 0.714. The first-order valence-corrected chi connectivity index (χ1v) is 6.76. The Morgan fingerprint density at radius 1 is 1.16 bits per heavy atom. The van der Waals surface area contributed by atoms with Gasteiger partial charge in [0.15, 0.2) is 0 Å². The molecule has 0 bridgehead atoms. The molecule has 5 heteroatoms. The summed E-state index contributed by atoms with van der Waals surface area (Å²) in [7, 11) is 0. The van der Waals surface area contributed by atoms with Crippen molar-refractivity contribution in [3.8, 4) is 0 Å². The Kier molecular flexibility index (Phi) is 6.02. The second-order valence-corrected chi connectivity index (χ2v) is 4.72. The van der Waals surface area contributed by atoms with Gasteiger partial charge >= 0.3 is 5.97 Å².